The first-order valence-corrected chi connectivity index (χ1v) is 45.7. The smallest absolute Gasteiger partial charge is 0.409 e. The minimum absolute atomic E-state index is 0.0240. The third kappa shape index (κ3) is 65.1. The number of esters is 5. The summed E-state index contributed by atoms with van der Waals surface area (Å²) in [5.74, 6) is 1.35. The maximum atomic E-state index is 12.3. The van der Waals surface area contributed by atoms with Crippen molar-refractivity contribution in [3.63, 3.8) is 0 Å². The molecule has 0 fully saturated rings. The van der Waals surface area contributed by atoms with E-state index < -0.39 is 17.6 Å². The first-order valence-electron chi connectivity index (χ1n) is 45.7. The van der Waals surface area contributed by atoms with Gasteiger partial charge in [-0.2, -0.15) is 0 Å². The standard InChI is InChI=1S/C23H38N4O6.C19H30N2O4.C18H26O4.2C15H22O2.6C2H6/c1-16(2)24-11-10-21(28)25-19-14-18(8-9-20(19)31-7)15-32-22(29)26(5)12-13-27(6)23(30)33-17(3)4;1-13(2)20-10-9-17(22)21-15-11-14(7-8-16(15)24-6)12-25-18(23)19(3,4)5;1-12(2)8-16-7-6-15(10-21-14(5)19)9-17(16)11-22-18(20)13(3)4;2*1-11(2)9-13-5-7-14(8-6-13)10-17-15(16)12(3)4;6*1-2/h8-9,14,16-17,24H,10-13,15H2,1-7H3,(H,25,28);7-8,11,13,20H,9-10,12H2,1-6H3,(H,21,22);6-7,9,12-13H,8,10-11H2,1-5H3;2*5-8,11-12H,9-10H2,1-4H3;6*1-2H3. The summed E-state index contributed by atoms with van der Waals surface area (Å²) in [6.07, 6.45) is 2.61. The quantitative estimate of drug-likeness (QED) is 0.0212. The molecule has 0 saturated heterocycles. The lowest BCUT2D eigenvalue weighted by atomic mass is 9.96. The maximum absolute atomic E-state index is 12.3. The third-order valence-electron chi connectivity index (χ3n) is 16.2. The Labute approximate surface area is 763 Å². The largest absolute Gasteiger partial charge is 0.495 e. The van der Waals surface area contributed by atoms with Gasteiger partial charge in [-0.3, -0.25) is 33.6 Å². The Morgan fingerprint density at radius 2 is 0.667 bits per heavy atom. The number of hydrogen-bond acceptors (Lipinski definition) is 20. The number of anilines is 2. The van der Waals surface area contributed by atoms with Gasteiger partial charge in [-0.05, 0) is 152 Å². The van der Waals surface area contributed by atoms with Gasteiger partial charge in [0.1, 0.15) is 51.1 Å². The van der Waals surface area contributed by atoms with Gasteiger partial charge in [-0.25, -0.2) is 9.59 Å². The number of carbonyl (C=O) groups excluding carboxylic acids is 9. The van der Waals surface area contributed by atoms with Crippen LogP contribution in [0.15, 0.2) is 103 Å². The molecule has 0 aliphatic rings. The highest BCUT2D eigenvalue weighted by Gasteiger charge is 2.24. The average Bonchev–Trinajstić information content (AvgIpc) is 0.856. The fourth-order valence-electron chi connectivity index (χ4n) is 9.83. The molecule has 0 heterocycles. The van der Waals surface area contributed by atoms with Crippen LogP contribution in [-0.4, -0.2) is 136 Å². The van der Waals surface area contributed by atoms with Crippen molar-refractivity contribution in [2.75, 3.05) is 65.1 Å². The zero-order valence-electron chi connectivity index (χ0n) is 85.4. The summed E-state index contributed by atoms with van der Waals surface area (Å²) in [5, 5.41) is 12.1. The normalized spacial score (nSPS) is 10.2. The number of hydrogen-bond donors (Lipinski definition) is 4. The molecule has 0 unspecified atom stereocenters. The van der Waals surface area contributed by atoms with Gasteiger partial charge < -0.3 is 73.7 Å². The second kappa shape index (κ2) is 76.7. The predicted molar refractivity (Wildman–Crippen MR) is 517 cm³/mol. The zero-order valence-corrected chi connectivity index (χ0v) is 85.4. The van der Waals surface area contributed by atoms with E-state index in [1.807, 2.05) is 201 Å². The van der Waals surface area contributed by atoms with Crippen LogP contribution in [0.5, 0.6) is 11.5 Å². The molecule has 0 atom stereocenters. The van der Waals surface area contributed by atoms with Gasteiger partial charge in [0, 0.05) is 72.1 Å². The molecular weight excluding hydrogens is 1600 g/mol. The van der Waals surface area contributed by atoms with Crippen molar-refractivity contribution in [2.24, 2.45) is 40.9 Å². The summed E-state index contributed by atoms with van der Waals surface area (Å²) in [6, 6.07) is 33.7. The Balaban J connectivity index is -0.000000352. The molecule has 5 aromatic rings. The van der Waals surface area contributed by atoms with Crippen molar-refractivity contribution >= 4 is 65.2 Å². The van der Waals surface area contributed by atoms with Gasteiger partial charge in [-0.1, -0.05) is 267 Å². The maximum Gasteiger partial charge on any atom is 0.409 e. The number of amides is 4. The van der Waals surface area contributed by atoms with Gasteiger partial charge in [0.05, 0.1) is 54.9 Å². The summed E-state index contributed by atoms with van der Waals surface area (Å²) >= 11 is 0. The van der Waals surface area contributed by atoms with E-state index in [0.29, 0.717) is 104 Å². The highest BCUT2D eigenvalue weighted by molar-refractivity contribution is 5.93. The topological polar surface area (TPSA) is 291 Å². The molecule has 0 bridgehead atoms. The molecule has 0 spiro atoms. The molecule has 5 aromatic carbocycles. The second-order valence-electron chi connectivity index (χ2n) is 32.1. The molecule has 720 valence electrons. The molecule has 4 N–H and O–H groups in total. The number of benzene rings is 5. The van der Waals surface area contributed by atoms with E-state index in [-0.39, 0.29) is 98.5 Å². The van der Waals surface area contributed by atoms with E-state index in [9.17, 15) is 43.2 Å². The van der Waals surface area contributed by atoms with Crippen LogP contribution >= 0.6 is 0 Å². The van der Waals surface area contributed by atoms with Crippen LogP contribution in [0.1, 0.15) is 298 Å². The summed E-state index contributed by atoms with van der Waals surface area (Å²) in [6.45, 7) is 69.8. The highest BCUT2D eigenvalue weighted by Crippen LogP contribution is 2.29. The van der Waals surface area contributed by atoms with Crippen LogP contribution < -0.4 is 30.7 Å². The Hall–Kier alpha value is -9.55. The fraction of sp³-hybridized carbons (Fsp3) is 0.618. The van der Waals surface area contributed by atoms with Crippen LogP contribution in [0, 0.1) is 40.9 Å². The van der Waals surface area contributed by atoms with E-state index in [4.69, 9.17) is 42.6 Å². The molecule has 24 nitrogen and oxygen atoms in total. The van der Waals surface area contributed by atoms with E-state index in [2.05, 4.69) is 87.1 Å². The van der Waals surface area contributed by atoms with Crippen LogP contribution in [-0.2, 0) is 126 Å². The Bertz CT molecular complexity index is 3620. The average molecular weight is 1770 g/mol. The van der Waals surface area contributed by atoms with Gasteiger partial charge in [-0.15, -0.1) is 0 Å². The van der Waals surface area contributed by atoms with Crippen molar-refractivity contribution < 1.29 is 85.8 Å². The Kier molecular flexibility index (Phi) is 77.4. The molecule has 126 heavy (non-hydrogen) atoms. The van der Waals surface area contributed by atoms with Crippen molar-refractivity contribution in [3.05, 3.63) is 153 Å². The van der Waals surface area contributed by atoms with Crippen LogP contribution in [0.3, 0.4) is 0 Å². The first kappa shape index (κ1) is 127. The number of carbonyl (C=O) groups is 9. The van der Waals surface area contributed by atoms with Gasteiger partial charge in [0.15, 0.2) is 0 Å². The third-order valence-corrected chi connectivity index (χ3v) is 16.2. The molecule has 0 aliphatic heterocycles. The van der Waals surface area contributed by atoms with Gasteiger partial charge in [0.2, 0.25) is 11.8 Å². The van der Waals surface area contributed by atoms with Crippen LogP contribution in [0.4, 0.5) is 21.0 Å². The monoisotopic (exact) mass is 1770 g/mol. The lowest BCUT2D eigenvalue weighted by Gasteiger charge is -2.22. The van der Waals surface area contributed by atoms with Gasteiger partial charge in [0.25, 0.3) is 0 Å². The fourth-order valence-corrected chi connectivity index (χ4v) is 9.83. The van der Waals surface area contributed by atoms with Crippen LogP contribution in [0.25, 0.3) is 0 Å². The summed E-state index contributed by atoms with van der Waals surface area (Å²) in [5.41, 5.74) is 9.83. The van der Waals surface area contributed by atoms with Crippen LogP contribution in [0.2, 0.25) is 0 Å². The van der Waals surface area contributed by atoms with Crippen molar-refractivity contribution in [3.8, 4) is 11.5 Å². The molecule has 4 amide bonds. The molecule has 24 heteroatoms. The van der Waals surface area contributed by atoms with Gasteiger partial charge >= 0.3 is 42.0 Å². The zero-order chi connectivity index (χ0) is 98.4. The van der Waals surface area contributed by atoms with Crippen molar-refractivity contribution in [1.29, 1.82) is 0 Å². The minimum atomic E-state index is -0.549. The lowest BCUT2D eigenvalue weighted by Crippen LogP contribution is -2.38. The number of rotatable bonds is 37. The van der Waals surface area contributed by atoms with Crippen molar-refractivity contribution in [1.82, 2.24) is 20.4 Å². The number of likely N-dealkylation sites (N-methyl/N-ethyl adjacent to an activating group) is 2. The summed E-state index contributed by atoms with van der Waals surface area (Å²) in [7, 11) is 6.27. The summed E-state index contributed by atoms with van der Waals surface area (Å²) < 4.78 is 47.1. The lowest BCUT2D eigenvalue weighted by molar-refractivity contribution is -0.154. The molecular formula is C102H174N6O18. The van der Waals surface area contributed by atoms with E-state index in [1.54, 1.807) is 86.2 Å². The van der Waals surface area contributed by atoms with E-state index in [1.165, 1.54) is 35.0 Å². The number of methoxy groups -OCH3 is 2. The molecule has 0 radical (unpaired) electrons. The Morgan fingerprint density at radius 1 is 0.357 bits per heavy atom. The predicted octanol–water partition coefficient (Wildman–Crippen LogP) is 23.2. The van der Waals surface area contributed by atoms with E-state index in [0.717, 1.165) is 52.6 Å². The summed E-state index contributed by atoms with van der Waals surface area (Å²) in [4.78, 5) is 108. The number of nitrogens with zero attached hydrogens (tertiary/aromatic N) is 2. The number of ether oxygens (including phenoxy) is 9. The molecule has 0 saturated carbocycles. The second-order valence-corrected chi connectivity index (χ2v) is 32.1. The molecule has 0 aliphatic carbocycles. The number of nitrogens with one attached hydrogen (secondary N) is 4. The Morgan fingerprint density at radius 3 is 0.992 bits per heavy atom. The minimum Gasteiger partial charge on any atom is -0.495 e. The molecule has 0 aromatic heterocycles. The SMILES string of the molecule is CC.CC.CC.CC.CC.CC.CC(=O)OCc1ccc(CC(C)C)c(COC(=O)C(C)C)c1.CC(C)Cc1ccc(COC(=O)C(C)C)cc1.CC(C)Cc1ccc(COC(=O)C(C)C)cc1.COc1ccc(COC(=O)C(C)(C)C)cc1NC(=O)CCNC(C)C.COc1ccc(COC(=O)N(C)CCN(C)C(=O)OC(C)C)cc1NC(=O)CCNC(C)C. The van der Waals surface area contributed by atoms with Crippen molar-refractivity contribution in [2.45, 2.75) is 325 Å². The molecule has 5 rings (SSSR count). The van der Waals surface area contributed by atoms with E-state index >= 15 is 0 Å². The first-order chi connectivity index (χ1) is 59.4. The highest BCUT2D eigenvalue weighted by atomic mass is 16.6.